The number of nitrogens with two attached hydrogens (primary N) is 1. The number of ether oxygens (including phenoxy) is 1. The molecule has 2 N–H and O–H groups in total. The highest BCUT2D eigenvalue weighted by Gasteiger charge is 2.30. The Bertz CT molecular complexity index is 321. The van der Waals surface area contributed by atoms with Gasteiger partial charge in [0.1, 0.15) is 5.75 Å². The van der Waals surface area contributed by atoms with Crippen molar-refractivity contribution in [3.8, 4) is 5.75 Å². The van der Waals surface area contributed by atoms with E-state index in [2.05, 4.69) is 0 Å². The van der Waals surface area contributed by atoms with E-state index < -0.39 is 18.6 Å². The summed E-state index contributed by atoms with van der Waals surface area (Å²) in [7, 11) is 1.53. The third-order valence-electron chi connectivity index (χ3n) is 2.15. The van der Waals surface area contributed by atoms with Crippen molar-refractivity contribution in [1.29, 1.82) is 0 Å². The summed E-state index contributed by atoms with van der Waals surface area (Å²) < 4.78 is 41.0. The van der Waals surface area contributed by atoms with Gasteiger partial charge in [-0.2, -0.15) is 13.2 Å². The minimum absolute atomic E-state index is 0.212. The average Bonchev–Trinajstić information content (AvgIpc) is 2.16. The van der Waals surface area contributed by atoms with Crippen LogP contribution in [0.5, 0.6) is 5.75 Å². The van der Waals surface area contributed by atoms with Crippen LogP contribution in [-0.4, -0.2) is 19.3 Å². The first-order valence-corrected chi connectivity index (χ1v) is 4.86. The quantitative estimate of drug-likeness (QED) is 0.867. The van der Waals surface area contributed by atoms with Gasteiger partial charge in [0.15, 0.2) is 0 Å². The van der Waals surface area contributed by atoms with Crippen LogP contribution in [0.15, 0.2) is 24.3 Å². The van der Waals surface area contributed by atoms with E-state index in [0.717, 1.165) is 5.56 Å². The summed E-state index contributed by atoms with van der Waals surface area (Å²) >= 11 is 0. The Labute approximate surface area is 92.2 Å². The highest BCUT2D eigenvalue weighted by atomic mass is 19.4. The lowest BCUT2D eigenvalue weighted by Gasteiger charge is -2.14. The molecule has 5 heteroatoms. The fraction of sp³-hybridized carbons (Fsp3) is 0.455. The molecule has 1 atom stereocenters. The molecule has 0 aliphatic carbocycles. The van der Waals surface area contributed by atoms with Crippen LogP contribution in [0.4, 0.5) is 13.2 Å². The molecule has 0 aliphatic heterocycles. The van der Waals surface area contributed by atoms with E-state index in [1.54, 1.807) is 24.3 Å². The van der Waals surface area contributed by atoms with Crippen molar-refractivity contribution in [3.05, 3.63) is 29.8 Å². The monoisotopic (exact) mass is 233 g/mol. The van der Waals surface area contributed by atoms with E-state index in [9.17, 15) is 13.2 Å². The maximum absolute atomic E-state index is 12.0. The lowest BCUT2D eigenvalue weighted by molar-refractivity contribution is -0.138. The van der Waals surface area contributed by atoms with Gasteiger partial charge in [0.2, 0.25) is 0 Å². The molecule has 2 nitrogen and oxygen atoms in total. The molecule has 0 fully saturated rings. The van der Waals surface area contributed by atoms with Crippen molar-refractivity contribution in [1.82, 2.24) is 0 Å². The highest BCUT2D eigenvalue weighted by Crippen LogP contribution is 2.22. The third-order valence-corrected chi connectivity index (χ3v) is 2.15. The van der Waals surface area contributed by atoms with E-state index in [0.29, 0.717) is 5.75 Å². The summed E-state index contributed by atoms with van der Waals surface area (Å²) in [5.41, 5.74) is 6.19. The second kappa shape index (κ2) is 5.21. The Morgan fingerprint density at radius 3 is 2.25 bits per heavy atom. The summed E-state index contributed by atoms with van der Waals surface area (Å²) in [5, 5.41) is 0. The molecule has 0 saturated carbocycles. The molecule has 0 bridgehead atoms. The van der Waals surface area contributed by atoms with E-state index >= 15 is 0 Å². The average molecular weight is 233 g/mol. The number of hydrogen-bond donors (Lipinski definition) is 1. The van der Waals surface area contributed by atoms with Gasteiger partial charge < -0.3 is 10.5 Å². The van der Waals surface area contributed by atoms with Crippen LogP contribution in [0.1, 0.15) is 12.0 Å². The normalized spacial score (nSPS) is 13.6. The maximum atomic E-state index is 12.0. The molecule has 16 heavy (non-hydrogen) atoms. The zero-order chi connectivity index (χ0) is 12.2. The van der Waals surface area contributed by atoms with Crippen molar-refractivity contribution >= 4 is 0 Å². The predicted molar refractivity (Wildman–Crippen MR) is 55.3 cm³/mol. The molecule has 90 valence electrons. The molecule has 0 saturated heterocycles. The first-order chi connectivity index (χ1) is 7.40. The standard InChI is InChI=1S/C11H14F3NO/c1-16-10-4-2-8(3-5-10)6-9(15)7-11(12,13)14/h2-5,9H,6-7,15H2,1H3. The molecule has 0 radical (unpaired) electrons. The van der Waals surface area contributed by atoms with Gasteiger partial charge >= 0.3 is 6.18 Å². The van der Waals surface area contributed by atoms with E-state index in [-0.39, 0.29) is 6.42 Å². The molecule has 1 rings (SSSR count). The summed E-state index contributed by atoms with van der Waals surface area (Å²) in [6.45, 7) is 0. The minimum Gasteiger partial charge on any atom is -0.497 e. The van der Waals surface area contributed by atoms with Crippen LogP contribution in [0.25, 0.3) is 0 Å². The Kier molecular flexibility index (Phi) is 4.18. The molecule has 1 unspecified atom stereocenters. The van der Waals surface area contributed by atoms with Gasteiger partial charge in [0.25, 0.3) is 0 Å². The first kappa shape index (κ1) is 12.8. The molecule has 0 heterocycles. The van der Waals surface area contributed by atoms with Gasteiger partial charge in [-0.15, -0.1) is 0 Å². The Hall–Kier alpha value is -1.23. The second-order valence-electron chi connectivity index (χ2n) is 3.63. The number of methoxy groups -OCH3 is 1. The summed E-state index contributed by atoms with van der Waals surface area (Å²) in [5.74, 6) is 0.674. The van der Waals surface area contributed by atoms with Crippen LogP contribution in [0.3, 0.4) is 0 Å². The van der Waals surface area contributed by atoms with Crippen molar-refractivity contribution in [2.24, 2.45) is 5.73 Å². The van der Waals surface area contributed by atoms with Crippen molar-refractivity contribution in [2.75, 3.05) is 7.11 Å². The smallest absolute Gasteiger partial charge is 0.390 e. The summed E-state index contributed by atoms with van der Waals surface area (Å²) in [6.07, 6.45) is -4.95. The molecule has 0 aromatic heterocycles. The van der Waals surface area contributed by atoms with Gasteiger partial charge in [0.05, 0.1) is 13.5 Å². The molecule has 0 aliphatic rings. The van der Waals surface area contributed by atoms with Crippen molar-refractivity contribution in [3.63, 3.8) is 0 Å². The van der Waals surface area contributed by atoms with Crippen LogP contribution in [0.2, 0.25) is 0 Å². The third kappa shape index (κ3) is 4.53. The lowest BCUT2D eigenvalue weighted by atomic mass is 10.0. The molecular formula is C11H14F3NO. The zero-order valence-electron chi connectivity index (χ0n) is 8.92. The van der Waals surface area contributed by atoms with Gasteiger partial charge in [-0.05, 0) is 24.1 Å². The van der Waals surface area contributed by atoms with Gasteiger partial charge in [0, 0.05) is 6.04 Å². The summed E-state index contributed by atoms with van der Waals surface area (Å²) in [6, 6.07) is 5.95. The maximum Gasteiger partial charge on any atom is 0.390 e. The van der Waals surface area contributed by atoms with Crippen molar-refractivity contribution in [2.45, 2.75) is 25.1 Å². The predicted octanol–water partition coefficient (Wildman–Crippen LogP) is 2.52. The van der Waals surface area contributed by atoms with Gasteiger partial charge in [-0.3, -0.25) is 0 Å². The topological polar surface area (TPSA) is 35.2 Å². The number of alkyl halides is 3. The largest absolute Gasteiger partial charge is 0.497 e. The number of benzene rings is 1. The Morgan fingerprint density at radius 1 is 1.25 bits per heavy atom. The van der Waals surface area contributed by atoms with Gasteiger partial charge in [-0.25, -0.2) is 0 Å². The van der Waals surface area contributed by atoms with Crippen molar-refractivity contribution < 1.29 is 17.9 Å². The van der Waals surface area contributed by atoms with Crippen LogP contribution in [0, 0.1) is 0 Å². The van der Waals surface area contributed by atoms with E-state index in [1.807, 2.05) is 0 Å². The zero-order valence-corrected chi connectivity index (χ0v) is 8.92. The lowest BCUT2D eigenvalue weighted by Crippen LogP contribution is -2.29. The molecule has 0 amide bonds. The highest BCUT2D eigenvalue weighted by molar-refractivity contribution is 5.27. The fourth-order valence-corrected chi connectivity index (χ4v) is 1.43. The molecule has 0 spiro atoms. The summed E-state index contributed by atoms with van der Waals surface area (Å²) in [4.78, 5) is 0. The Morgan fingerprint density at radius 2 is 1.81 bits per heavy atom. The van der Waals surface area contributed by atoms with Gasteiger partial charge in [-0.1, -0.05) is 12.1 Å². The minimum atomic E-state index is -4.20. The van der Waals surface area contributed by atoms with E-state index in [4.69, 9.17) is 10.5 Å². The fourth-order valence-electron chi connectivity index (χ4n) is 1.43. The molecular weight excluding hydrogens is 219 g/mol. The SMILES string of the molecule is COc1ccc(CC(N)CC(F)(F)F)cc1. The number of hydrogen-bond acceptors (Lipinski definition) is 2. The molecule has 1 aromatic carbocycles. The second-order valence-corrected chi connectivity index (χ2v) is 3.63. The van der Waals surface area contributed by atoms with Crippen LogP contribution >= 0.6 is 0 Å². The first-order valence-electron chi connectivity index (χ1n) is 4.86. The molecule has 1 aromatic rings. The number of halogens is 3. The van der Waals surface area contributed by atoms with Crippen LogP contribution in [-0.2, 0) is 6.42 Å². The van der Waals surface area contributed by atoms with Crippen LogP contribution < -0.4 is 10.5 Å². The Balaban J connectivity index is 2.53. The number of rotatable bonds is 4. The van der Waals surface area contributed by atoms with E-state index in [1.165, 1.54) is 7.11 Å².